The van der Waals surface area contributed by atoms with Gasteiger partial charge in [0.2, 0.25) is 0 Å². The van der Waals surface area contributed by atoms with Gasteiger partial charge in [-0.05, 0) is 31.2 Å². The number of nitrogens with zero attached hydrogens (tertiary/aromatic N) is 2. The van der Waals surface area contributed by atoms with Crippen molar-refractivity contribution < 1.29 is 19.0 Å². The Morgan fingerprint density at radius 3 is 2.68 bits per heavy atom. The van der Waals surface area contributed by atoms with Crippen LogP contribution in [-0.2, 0) is 9.63 Å². The molecule has 1 aliphatic heterocycles. The molecule has 2 aromatic rings. The summed E-state index contributed by atoms with van der Waals surface area (Å²) in [7, 11) is 0. The van der Waals surface area contributed by atoms with Crippen molar-refractivity contribution in [3.8, 4) is 11.3 Å². The maximum Gasteiger partial charge on any atom is 0.367 e. The summed E-state index contributed by atoms with van der Waals surface area (Å²) in [5.41, 5.74) is 1.07. The fourth-order valence-corrected chi connectivity index (χ4v) is 2.08. The number of hydrogen-bond donors (Lipinski definition) is 0. The lowest BCUT2D eigenvalue weighted by molar-refractivity contribution is -0.384. The molecule has 1 aromatic heterocycles. The topological polar surface area (TPSA) is 94.9 Å². The SMILES string of the molecule is CC1=NOC(=O)/C1=C/c1ccc(-c2ccccc2[N+](=O)[O-])o1. The molecule has 0 fully saturated rings. The van der Waals surface area contributed by atoms with Crippen molar-refractivity contribution in [1.82, 2.24) is 0 Å². The zero-order valence-electron chi connectivity index (χ0n) is 11.5. The first-order valence-electron chi connectivity index (χ1n) is 6.38. The lowest BCUT2D eigenvalue weighted by Gasteiger charge is -1.98. The zero-order chi connectivity index (χ0) is 15.7. The van der Waals surface area contributed by atoms with E-state index in [-0.39, 0.29) is 5.69 Å². The summed E-state index contributed by atoms with van der Waals surface area (Å²) in [5, 5.41) is 14.6. The van der Waals surface area contributed by atoms with E-state index in [0.717, 1.165) is 0 Å². The summed E-state index contributed by atoms with van der Waals surface area (Å²) >= 11 is 0. The number of hydrogen-bond acceptors (Lipinski definition) is 6. The van der Waals surface area contributed by atoms with Gasteiger partial charge in [0.25, 0.3) is 5.69 Å². The number of nitro benzene ring substituents is 1. The quantitative estimate of drug-likeness (QED) is 0.375. The number of oxime groups is 1. The van der Waals surface area contributed by atoms with Crippen molar-refractivity contribution in [2.75, 3.05) is 0 Å². The van der Waals surface area contributed by atoms with Crippen molar-refractivity contribution in [3.63, 3.8) is 0 Å². The molecule has 0 amide bonds. The average molecular weight is 298 g/mol. The highest BCUT2D eigenvalue weighted by molar-refractivity contribution is 6.24. The van der Waals surface area contributed by atoms with E-state index in [4.69, 9.17) is 4.42 Å². The maximum atomic E-state index is 11.5. The molecule has 1 aliphatic rings. The van der Waals surface area contributed by atoms with E-state index in [1.807, 2.05) is 0 Å². The van der Waals surface area contributed by atoms with E-state index in [2.05, 4.69) is 9.99 Å². The highest BCUT2D eigenvalue weighted by Gasteiger charge is 2.23. The first-order chi connectivity index (χ1) is 10.6. The van der Waals surface area contributed by atoms with E-state index in [0.29, 0.717) is 28.4 Å². The molecule has 7 heteroatoms. The predicted molar refractivity (Wildman–Crippen MR) is 78.0 cm³/mol. The lowest BCUT2D eigenvalue weighted by atomic mass is 10.1. The van der Waals surface area contributed by atoms with Gasteiger partial charge >= 0.3 is 5.97 Å². The number of para-hydroxylation sites is 1. The van der Waals surface area contributed by atoms with Crippen LogP contribution in [0.3, 0.4) is 0 Å². The smallest absolute Gasteiger partial charge is 0.367 e. The van der Waals surface area contributed by atoms with Gasteiger partial charge < -0.3 is 9.25 Å². The second kappa shape index (κ2) is 5.28. The predicted octanol–water partition coefficient (Wildman–Crippen LogP) is 3.17. The molecule has 0 aliphatic carbocycles. The normalized spacial score (nSPS) is 15.8. The Morgan fingerprint density at radius 1 is 1.23 bits per heavy atom. The third kappa shape index (κ3) is 2.39. The second-order valence-electron chi connectivity index (χ2n) is 4.59. The minimum atomic E-state index is -0.554. The first-order valence-corrected chi connectivity index (χ1v) is 6.38. The highest BCUT2D eigenvalue weighted by Crippen LogP contribution is 2.31. The van der Waals surface area contributed by atoms with E-state index in [9.17, 15) is 14.9 Å². The van der Waals surface area contributed by atoms with Gasteiger partial charge in [0.1, 0.15) is 11.5 Å². The molecule has 0 saturated heterocycles. The Labute approximate surface area is 124 Å². The van der Waals surface area contributed by atoms with Crippen LogP contribution in [0.1, 0.15) is 12.7 Å². The van der Waals surface area contributed by atoms with Gasteiger partial charge in [-0.15, -0.1) is 0 Å². The number of carbonyl (C=O) groups is 1. The van der Waals surface area contributed by atoms with Crippen LogP contribution in [0.5, 0.6) is 0 Å². The maximum absolute atomic E-state index is 11.5. The molecule has 0 atom stereocenters. The van der Waals surface area contributed by atoms with Crippen LogP contribution in [0, 0.1) is 10.1 Å². The second-order valence-corrected chi connectivity index (χ2v) is 4.59. The monoisotopic (exact) mass is 298 g/mol. The minimum absolute atomic E-state index is 0.0472. The summed E-state index contributed by atoms with van der Waals surface area (Å²) < 4.78 is 5.58. The zero-order valence-corrected chi connectivity index (χ0v) is 11.5. The summed E-state index contributed by atoms with van der Waals surface area (Å²) in [6, 6.07) is 9.51. The Kier molecular flexibility index (Phi) is 3.30. The highest BCUT2D eigenvalue weighted by atomic mass is 16.7. The lowest BCUT2D eigenvalue weighted by Crippen LogP contribution is -2.01. The minimum Gasteiger partial charge on any atom is -0.456 e. The van der Waals surface area contributed by atoms with E-state index >= 15 is 0 Å². The largest absolute Gasteiger partial charge is 0.456 e. The number of carbonyl (C=O) groups excluding carboxylic acids is 1. The van der Waals surface area contributed by atoms with Gasteiger partial charge in [0, 0.05) is 6.07 Å². The van der Waals surface area contributed by atoms with Gasteiger partial charge in [0.05, 0.1) is 21.8 Å². The molecule has 7 nitrogen and oxygen atoms in total. The number of furan rings is 1. The summed E-state index contributed by atoms with van der Waals surface area (Å²) in [6.45, 7) is 1.64. The fourth-order valence-electron chi connectivity index (χ4n) is 2.08. The van der Waals surface area contributed by atoms with Crippen LogP contribution in [0.25, 0.3) is 17.4 Å². The molecule has 110 valence electrons. The number of nitro groups is 1. The van der Waals surface area contributed by atoms with Gasteiger partial charge in [0.15, 0.2) is 0 Å². The number of benzene rings is 1. The van der Waals surface area contributed by atoms with Crippen LogP contribution in [0.2, 0.25) is 0 Å². The van der Waals surface area contributed by atoms with Gasteiger partial charge in [-0.1, -0.05) is 17.3 Å². The first kappa shape index (κ1) is 13.7. The van der Waals surface area contributed by atoms with Crippen LogP contribution >= 0.6 is 0 Å². The Morgan fingerprint density at radius 2 is 2.00 bits per heavy atom. The molecule has 1 aromatic carbocycles. The van der Waals surface area contributed by atoms with Crippen molar-refractivity contribution >= 4 is 23.4 Å². The van der Waals surface area contributed by atoms with E-state index < -0.39 is 10.9 Å². The fraction of sp³-hybridized carbons (Fsp3) is 0.0667. The van der Waals surface area contributed by atoms with Crippen LogP contribution in [0.4, 0.5) is 5.69 Å². The van der Waals surface area contributed by atoms with Crippen LogP contribution < -0.4 is 0 Å². The summed E-state index contributed by atoms with van der Waals surface area (Å²) in [5.74, 6) is 0.179. The van der Waals surface area contributed by atoms with Crippen molar-refractivity contribution in [1.29, 1.82) is 0 Å². The Balaban J connectivity index is 1.99. The third-order valence-corrected chi connectivity index (χ3v) is 3.15. The molecule has 0 unspecified atom stereocenters. The number of rotatable bonds is 3. The van der Waals surface area contributed by atoms with Gasteiger partial charge in [-0.3, -0.25) is 10.1 Å². The molecule has 0 spiro atoms. The molecule has 0 bridgehead atoms. The molecule has 0 N–H and O–H groups in total. The van der Waals surface area contributed by atoms with Gasteiger partial charge in [-0.25, -0.2) is 4.79 Å². The summed E-state index contributed by atoms with van der Waals surface area (Å²) in [4.78, 5) is 26.6. The van der Waals surface area contributed by atoms with Crippen LogP contribution in [-0.4, -0.2) is 16.6 Å². The van der Waals surface area contributed by atoms with Crippen molar-refractivity contribution in [3.05, 3.63) is 57.8 Å². The Bertz CT molecular complexity index is 832. The molecular weight excluding hydrogens is 288 g/mol. The molecule has 2 heterocycles. The van der Waals surface area contributed by atoms with E-state index in [1.165, 1.54) is 12.1 Å². The van der Waals surface area contributed by atoms with Crippen LogP contribution in [0.15, 0.2) is 51.5 Å². The van der Waals surface area contributed by atoms with E-state index in [1.54, 1.807) is 37.3 Å². The average Bonchev–Trinajstić information content (AvgIpc) is 3.09. The molecule has 22 heavy (non-hydrogen) atoms. The molecule has 0 radical (unpaired) electrons. The molecule has 0 saturated carbocycles. The third-order valence-electron chi connectivity index (χ3n) is 3.15. The molecule has 3 rings (SSSR count). The molecular formula is C15H10N2O5. The summed E-state index contributed by atoms with van der Waals surface area (Å²) in [6.07, 6.45) is 1.49. The Hall–Kier alpha value is -3.22. The van der Waals surface area contributed by atoms with Gasteiger partial charge in [-0.2, -0.15) is 0 Å². The van der Waals surface area contributed by atoms with Crippen molar-refractivity contribution in [2.45, 2.75) is 6.92 Å². The standard InChI is InChI=1S/C15H10N2O5/c1-9-12(15(18)22-16-9)8-10-6-7-14(21-10)11-4-2-3-5-13(11)17(19)20/h2-8H,1H3/b12-8+. The van der Waals surface area contributed by atoms with Crippen molar-refractivity contribution in [2.24, 2.45) is 5.16 Å².